The number of benzene rings is 1. The lowest BCUT2D eigenvalue weighted by Crippen LogP contribution is -2.39. The third kappa shape index (κ3) is 5.75. The molecule has 0 saturated heterocycles. The fraction of sp³-hybridized carbons (Fsp3) is 0.619. The zero-order valence-electron chi connectivity index (χ0n) is 15.9. The first-order valence-corrected chi connectivity index (χ1v) is 9.91. The summed E-state index contributed by atoms with van der Waals surface area (Å²) >= 11 is 0. The molecule has 0 bridgehead atoms. The summed E-state index contributed by atoms with van der Waals surface area (Å²) in [6, 6.07) is 7.67. The third-order valence-corrected chi connectivity index (χ3v) is 5.38. The summed E-state index contributed by atoms with van der Waals surface area (Å²) in [7, 11) is 0. The smallest absolute Gasteiger partial charge is 0.315 e. The number of carbonyl (C=O) groups is 2. The van der Waals surface area contributed by atoms with E-state index in [-0.39, 0.29) is 11.9 Å². The van der Waals surface area contributed by atoms with Crippen LogP contribution in [0.4, 0.5) is 4.79 Å². The zero-order chi connectivity index (χ0) is 18.5. The van der Waals surface area contributed by atoms with Crippen molar-refractivity contribution in [3.8, 4) is 0 Å². The molecule has 2 aliphatic rings. The van der Waals surface area contributed by atoms with Gasteiger partial charge >= 0.3 is 6.03 Å². The van der Waals surface area contributed by atoms with Crippen LogP contribution in [-0.4, -0.2) is 24.5 Å². The van der Waals surface area contributed by atoms with Crippen molar-refractivity contribution in [1.29, 1.82) is 0 Å². The van der Waals surface area contributed by atoms with Gasteiger partial charge in [-0.05, 0) is 67.6 Å². The van der Waals surface area contributed by atoms with Gasteiger partial charge in [0.15, 0.2) is 0 Å². The molecule has 5 heteroatoms. The Morgan fingerprint density at radius 1 is 1.04 bits per heavy atom. The Bertz CT molecular complexity index is 632. The average molecular weight is 357 g/mol. The van der Waals surface area contributed by atoms with Crippen LogP contribution in [0.1, 0.15) is 61.9 Å². The molecule has 3 rings (SSSR count). The minimum atomic E-state index is -0.135. The lowest BCUT2D eigenvalue weighted by atomic mass is 9.77. The van der Waals surface area contributed by atoms with Gasteiger partial charge in [0.1, 0.15) is 0 Å². The lowest BCUT2D eigenvalue weighted by Gasteiger charge is -2.31. The normalized spacial score (nSPS) is 25.4. The van der Waals surface area contributed by atoms with Gasteiger partial charge in [-0.1, -0.05) is 26.0 Å². The number of nitrogens with one attached hydrogen (secondary N) is 3. The molecule has 3 amide bonds. The second kappa shape index (κ2) is 8.56. The molecule has 0 radical (unpaired) electrons. The van der Waals surface area contributed by atoms with Crippen LogP contribution in [0, 0.1) is 17.8 Å². The Labute approximate surface area is 156 Å². The quantitative estimate of drug-likeness (QED) is 0.730. The zero-order valence-corrected chi connectivity index (χ0v) is 15.9. The van der Waals surface area contributed by atoms with Crippen LogP contribution in [0.3, 0.4) is 0 Å². The standard InChI is InChI=1S/C21H31N3O2/c1-14-8-15(2)10-17(9-14)13-23-21(26)22-12-16-4-3-5-18(11-16)20(25)24-19-6-7-19/h3-5,11,14-15,17,19H,6-10,12-13H2,1-2H3,(H,24,25)(H2,22,23,26). The van der Waals surface area contributed by atoms with Gasteiger partial charge in [-0.25, -0.2) is 4.79 Å². The van der Waals surface area contributed by atoms with Crippen molar-refractivity contribution in [2.24, 2.45) is 17.8 Å². The maximum atomic E-state index is 12.1. The summed E-state index contributed by atoms with van der Waals surface area (Å²) in [4.78, 5) is 24.2. The summed E-state index contributed by atoms with van der Waals surface area (Å²) in [6.45, 7) is 5.77. The maximum absolute atomic E-state index is 12.1. The van der Waals surface area contributed by atoms with E-state index in [9.17, 15) is 9.59 Å². The van der Waals surface area contributed by atoms with E-state index in [1.807, 2.05) is 24.3 Å². The first-order chi connectivity index (χ1) is 12.5. The fourth-order valence-corrected chi connectivity index (χ4v) is 4.08. The largest absolute Gasteiger partial charge is 0.349 e. The van der Waals surface area contributed by atoms with Crippen molar-refractivity contribution < 1.29 is 9.59 Å². The fourth-order valence-electron chi connectivity index (χ4n) is 4.08. The van der Waals surface area contributed by atoms with Crippen LogP contribution in [0.25, 0.3) is 0 Å². The molecule has 2 saturated carbocycles. The molecule has 0 spiro atoms. The van der Waals surface area contributed by atoms with Gasteiger partial charge in [-0.2, -0.15) is 0 Å². The summed E-state index contributed by atoms with van der Waals surface area (Å²) < 4.78 is 0. The highest BCUT2D eigenvalue weighted by molar-refractivity contribution is 5.94. The molecular weight excluding hydrogens is 326 g/mol. The summed E-state index contributed by atoms with van der Waals surface area (Å²) in [5.41, 5.74) is 1.59. The van der Waals surface area contributed by atoms with Crippen molar-refractivity contribution in [3.63, 3.8) is 0 Å². The number of hydrogen-bond donors (Lipinski definition) is 3. The highest BCUT2D eigenvalue weighted by atomic mass is 16.2. The monoisotopic (exact) mass is 357 g/mol. The summed E-state index contributed by atoms with van der Waals surface area (Å²) in [5, 5.41) is 8.89. The van der Waals surface area contributed by atoms with Gasteiger partial charge in [0.05, 0.1) is 0 Å². The van der Waals surface area contributed by atoms with E-state index in [4.69, 9.17) is 0 Å². The number of urea groups is 1. The average Bonchev–Trinajstić information content (AvgIpc) is 3.41. The molecule has 1 aromatic rings. The Morgan fingerprint density at radius 3 is 2.46 bits per heavy atom. The van der Waals surface area contributed by atoms with Gasteiger partial charge < -0.3 is 16.0 Å². The van der Waals surface area contributed by atoms with Gasteiger partial charge in [0.2, 0.25) is 0 Å². The minimum Gasteiger partial charge on any atom is -0.349 e. The number of carbonyl (C=O) groups excluding carboxylic acids is 2. The molecule has 1 aromatic carbocycles. The maximum Gasteiger partial charge on any atom is 0.315 e. The van der Waals surface area contributed by atoms with Gasteiger partial charge in [-0.15, -0.1) is 0 Å². The van der Waals surface area contributed by atoms with Gasteiger partial charge in [-0.3, -0.25) is 4.79 Å². The Morgan fingerprint density at radius 2 is 1.77 bits per heavy atom. The molecule has 142 valence electrons. The van der Waals surface area contributed by atoms with Crippen LogP contribution >= 0.6 is 0 Å². The second-order valence-corrected chi connectivity index (χ2v) is 8.30. The van der Waals surface area contributed by atoms with Gasteiger partial charge in [0, 0.05) is 24.7 Å². The van der Waals surface area contributed by atoms with Crippen LogP contribution in [0.15, 0.2) is 24.3 Å². The molecular formula is C21H31N3O2. The SMILES string of the molecule is CC1CC(C)CC(CNC(=O)NCc2cccc(C(=O)NC3CC3)c2)C1. The predicted molar refractivity (Wildman–Crippen MR) is 103 cm³/mol. The van der Waals surface area contributed by atoms with E-state index in [0.717, 1.165) is 36.8 Å². The molecule has 26 heavy (non-hydrogen) atoms. The molecule has 2 unspecified atom stereocenters. The van der Waals surface area contributed by atoms with Crippen molar-refractivity contribution in [2.45, 2.75) is 58.5 Å². The number of rotatable bonds is 6. The second-order valence-electron chi connectivity index (χ2n) is 8.30. The highest BCUT2D eigenvalue weighted by Crippen LogP contribution is 2.32. The molecule has 2 atom stereocenters. The number of hydrogen-bond acceptors (Lipinski definition) is 2. The topological polar surface area (TPSA) is 70.2 Å². The van der Waals surface area contributed by atoms with Crippen molar-refractivity contribution in [3.05, 3.63) is 35.4 Å². The molecule has 2 fully saturated rings. The van der Waals surface area contributed by atoms with Crippen LogP contribution in [-0.2, 0) is 6.54 Å². The van der Waals surface area contributed by atoms with E-state index in [0.29, 0.717) is 24.1 Å². The van der Waals surface area contributed by atoms with E-state index in [2.05, 4.69) is 29.8 Å². The number of amides is 3. The van der Waals surface area contributed by atoms with Crippen LogP contribution in [0.5, 0.6) is 0 Å². The van der Waals surface area contributed by atoms with Gasteiger partial charge in [0.25, 0.3) is 5.91 Å². The van der Waals surface area contributed by atoms with Crippen LogP contribution < -0.4 is 16.0 Å². The molecule has 0 aromatic heterocycles. The molecule has 0 heterocycles. The highest BCUT2D eigenvalue weighted by Gasteiger charge is 2.24. The Hall–Kier alpha value is -2.04. The van der Waals surface area contributed by atoms with Crippen LogP contribution in [0.2, 0.25) is 0 Å². The molecule has 0 aliphatic heterocycles. The van der Waals surface area contributed by atoms with E-state index in [1.165, 1.54) is 19.3 Å². The van der Waals surface area contributed by atoms with E-state index < -0.39 is 0 Å². The Kier molecular flexibility index (Phi) is 6.17. The lowest BCUT2D eigenvalue weighted by molar-refractivity contribution is 0.0951. The molecule has 5 nitrogen and oxygen atoms in total. The summed E-state index contributed by atoms with van der Waals surface area (Å²) in [6.07, 6.45) is 5.84. The molecule has 2 aliphatic carbocycles. The first kappa shape index (κ1) is 18.7. The van der Waals surface area contributed by atoms with Crippen molar-refractivity contribution in [1.82, 2.24) is 16.0 Å². The summed E-state index contributed by atoms with van der Waals surface area (Å²) in [5.74, 6) is 2.05. The Balaban J connectivity index is 1.41. The predicted octanol–water partition coefficient (Wildman–Crippen LogP) is 3.45. The van der Waals surface area contributed by atoms with E-state index >= 15 is 0 Å². The first-order valence-electron chi connectivity index (χ1n) is 9.91. The van der Waals surface area contributed by atoms with E-state index in [1.54, 1.807) is 0 Å². The molecule has 3 N–H and O–H groups in total. The van der Waals surface area contributed by atoms with Crippen molar-refractivity contribution >= 4 is 11.9 Å². The minimum absolute atomic E-state index is 0.0284. The third-order valence-electron chi connectivity index (χ3n) is 5.38. The van der Waals surface area contributed by atoms with Crippen molar-refractivity contribution in [2.75, 3.05) is 6.54 Å².